The maximum Gasteiger partial charge on any atom is 0.250 e. The second-order valence-electron chi connectivity index (χ2n) is 4.43. The van der Waals surface area contributed by atoms with E-state index >= 15 is 0 Å². The lowest BCUT2D eigenvalue weighted by Gasteiger charge is -2.19. The summed E-state index contributed by atoms with van der Waals surface area (Å²) in [5.41, 5.74) is 5.09. The molecule has 88 valence electrons. The van der Waals surface area contributed by atoms with Gasteiger partial charge in [0.1, 0.15) is 6.54 Å². The van der Waals surface area contributed by atoms with Crippen LogP contribution in [0.1, 0.15) is 13.8 Å². The van der Waals surface area contributed by atoms with E-state index in [-0.39, 0.29) is 18.0 Å². The van der Waals surface area contributed by atoms with Gasteiger partial charge in [-0.1, -0.05) is 6.07 Å². The van der Waals surface area contributed by atoms with Crippen molar-refractivity contribution in [3.63, 3.8) is 0 Å². The van der Waals surface area contributed by atoms with Crippen LogP contribution in [0.5, 0.6) is 0 Å². The summed E-state index contributed by atoms with van der Waals surface area (Å²) in [5.74, 6) is -0.216. The first-order chi connectivity index (χ1) is 7.38. The summed E-state index contributed by atoms with van der Waals surface area (Å²) in [7, 11) is 0. The summed E-state index contributed by atoms with van der Waals surface area (Å²) >= 11 is 0. The van der Waals surface area contributed by atoms with Crippen molar-refractivity contribution < 1.29 is 4.79 Å². The molecule has 0 unspecified atom stereocenters. The molecular weight excluding hydrogens is 206 g/mol. The molecule has 1 rings (SSSR count). The number of nitrogens with one attached hydrogen (secondary N) is 1. The van der Waals surface area contributed by atoms with E-state index in [1.807, 2.05) is 13.8 Å². The van der Waals surface area contributed by atoms with Crippen molar-refractivity contribution in [2.45, 2.75) is 25.9 Å². The fraction of sp³-hybridized carbons (Fsp3) is 0.455. The first-order valence-electron chi connectivity index (χ1n) is 5.09. The van der Waals surface area contributed by atoms with E-state index in [0.717, 1.165) is 0 Å². The van der Waals surface area contributed by atoms with Crippen molar-refractivity contribution in [3.8, 4) is 0 Å². The Bertz CT molecular complexity index is 418. The monoisotopic (exact) mass is 223 g/mol. The largest absolute Gasteiger partial charge is 0.353 e. The standard InChI is InChI=1S/C11H17N3O2/c1-11(2,12)8-13-9(15)7-14-6-4-3-5-10(14)16/h3-6H,7-8,12H2,1-2H3,(H,13,15). The number of nitrogens with zero attached hydrogens (tertiary/aromatic N) is 1. The van der Waals surface area contributed by atoms with Gasteiger partial charge in [0.25, 0.3) is 5.56 Å². The van der Waals surface area contributed by atoms with E-state index in [1.54, 1.807) is 18.3 Å². The second-order valence-corrected chi connectivity index (χ2v) is 4.43. The molecule has 0 aliphatic carbocycles. The van der Waals surface area contributed by atoms with Crippen LogP contribution in [0.25, 0.3) is 0 Å². The highest BCUT2D eigenvalue weighted by Gasteiger charge is 2.12. The van der Waals surface area contributed by atoms with Crippen molar-refractivity contribution in [2.24, 2.45) is 5.73 Å². The third-order valence-electron chi connectivity index (χ3n) is 1.95. The Balaban J connectivity index is 2.53. The summed E-state index contributed by atoms with van der Waals surface area (Å²) in [4.78, 5) is 22.8. The Morgan fingerprint density at radius 3 is 2.75 bits per heavy atom. The van der Waals surface area contributed by atoms with Crippen molar-refractivity contribution in [1.29, 1.82) is 0 Å². The van der Waals surface area contributed by atoms with Crippen LogP contribution in [0.2, 0.25) is 0 Å². The number of rotatable bonds is 4. The Morgan fingerprint density at radius 2 is 2.19 bits per heavy atom. The molecule has 0 saturated carbocycles. The molecule has 0 fully saturated rings. The zero-order valence-electron chi connectivity index (χ0n) is 9.56. The van der Waals surface area contributed by atoms with Gasteiger partial charge in [-0.05, 0) is 19.9 Å². The van der Waals surface area contributed by atoms with Crippen molar-refractivity contribution in [1.82, 2.24) is 9.88 Å². The van der Waals surface area contributed by atoms with Crippen LogP contribution >= 0.6 is 0 Å². The van der Waals surface area contributed by atoms with Gasteiger partial charge in [-0.15, -0.1) is 0 Å². The topological polar surface area (TPSA) is 77.1 Å². The predicted molar refractivity (Wildman–Crippen MR) is 62.0 cm³/mol. The molecule has 1 amide bonds. The smallest absolute Gasteiger partial charge is 0.250 e. The van der Waals surface area contributed by atoms with Gasteiger partial charge in [-0.2, -0.15) is 0 Å². The Labute approximate surface area is 94.3 Å². The molecule has 0 atom stereocenters. The summed E-state index contributed by atoms with van der Waals surface area (Å²) in [6.45, 7) is 4.05. The molecule has 0 saturated heterocycles. The molecule has 0 spiro atoms. The number of amides is 1. The lowest BCUT2D eigenvalue weighted by molar-refractivity contribution is -0.121. The third kappa shape index (κ3) is 4.27. The van der Waals surface area contributed by atoms with E-state index in [0.29, 0.717) is 6.54 Å². The molecule has 1 aromatic rings. The van der Waals surface area contributed by atoms with Gasteiger partial charge in [0, 0.05) is 24.3 Å². The van der Waals surface area contributed by atoms with Crippen LogP contribution in [-0.4, -0.2) is 22.6 Å². The SMILES string of the molecule is CC(C)(N)CNC(=O)Cn1ccccc1=O. The zero-order chi connectivity index (χ0) is 12.2. The average Bonchev–Trinajstić information content (AvgIpc) is 2.18. The Morgan fingerprint density at radius 1 is 1.50 bits per heavy atom. The number of aromatic nitrogens is 1. The van der Waals surface area contributed by atoms with Gasteiger partial charge in [-0.3, -0.25) is 9.59 Å². The third-order valence-corrected chi connectivity index (χ3v) is 1.95. The molecule has 3 N–H and O–H groups in total. The first-order valence-corrected chi connectivity index (χ1v) is 5.09. The minimum absolute atomic E-state index is 0.0236. The molecule has 0 aliphatic heterocycles. The van der Waals surface area contributed by atoms with Gasteiger partial charge >= 0.3 is 0 Å². The van der Waals surface area contributed by atoms with E-state index in [4.69, 9.17) is 5.73 Å². The minimum Gasteiger partial charge on any atom is -0.353 e. The minimum atomic E-state index is -0.447. The summed E-state index contributed by atoms with van der Waals surface area (Å²) in [6.07, 6.45) is 1.58. The zero-order valence-corrected chi connectivity index (χ0v) is 9.56. The van der Waals surface area contributed by atoms with Crippen LogP contribution in [0.15, 0.2) is 29.2 Å². The van der Waals surface area contributed by atoms with Crippen LogP contribution in [-0.2, 0) is 11.3 Å². The number of hydrogen-bond donors (Lipinski definition) is 2. The lowest BCUT2D eigenvalue weighted by Crippen LogP contribution is -2.46. The van der Waals surface area contributed by atoms with E-state index in [2.05, 4.69) is 5.32 Å². The molecule has 1 heterocycles. The normalized spacial score (nSPS) is 11.2. The van der Waals surface area contributed by atoms with Gasteiger partial charge in [0.15, 0.2) is 0 Å². The summed E-state index contributed by atoms with van der Waals surface area (Å²) in [5, 5.41) is 2.67. The molecular formula is C11H17N3O2. The Kier molecular flexibility index (Phi) is 3.84. The summed E-state index contributed by atoms with van der Waals surface area (Å²) < 4.78 is 1.35. The highest BCUT2D eigenvalue weighted by atomic mass is 16.2. The molecule has 1 aromatic heterocycles. The van der Waals surface area contributed by atoms with Crippen molar-refractivity contribution >= 4 is 5.91 Å². The van der Waals surface area contributed by atoms with Crippen molar-refractivity contribution in [3.05, 3.63) is 34.7 Å². The predicted octanol–water partition coefficient (Wildman–Crippen LogP) is -0.298. The number of nitrogens with two attached hydrogens (primary N) is 1. The van der Waals surface area contributed by atoms with Gasteiger partial charge in [0.05, 0.1) is 0 Å². The molecule has 0 bridgehead atoms. The highest BCUT2D eigenvalue weighted by molar-refractivity contribution is 5.75. The summed E-state index contributed by atoms with van der Waals surface area (Å²) in [6, 6.07) is 4.77. The van der Waals surface area contributed by atoms with Gasteiger partial charge < -0.3 is 15.6 Å². The van der Waals surface area contributed by atoms with E-state index < -0.39 is 5.54 Å². The van der Waals surface area contributed by atoms with Crippen LogP contribution in [0.3, 0.4) is 0 Å². The number of pyridine rings is 1. The molecule has 0 radical (unpaired) electrons. The van der Waals surface area contributed by atoms with Crippen molar-refractivity contribution in [2.75, 3.05) is 6.54 Å². The average molecular weight is 223 g/mol. The molecule has 16 heavy (non-hydrogen) atoms. The lowest BCUT2D eigenvalue weighted by atomic mass is 10.1. The molecule has 0 aliphatic rings. The van der Waals surface area contributed by atoms with E-state index in [9.17, 15) is 9.59 Å². The highest BCUT2D eigenvalue weighted by Crippen LogP contribution is 1.92. The Hall–Kier alpha value is -1.62. The number of carbonyl (C=O) groups excluding carboxylic acids is 1. The maximum absolute atomic E-state index is 11.5. The first kappa shape index (κ1) is 12.4. The van der Waals surface area contributed by atoms with Crippen LogP contribution < -0.4 is 16.6 Å². The maximum atomic E-state index is 11.5. The fourth-order valence-electron chi connectivity index (χ4n) is 1.13. The van der Waals surface area contributed by atoms with E-state index in [1.165, 1.54) is 10.6 Å². The molecule has 5 heteroatoms. The quantitative estimate of drug-likeness (QED) is 0.736. The fourth-order valence-corrected chi connectivity index (χ4v) is 1.13. The van der Waals surface area contributed by atoms with Gasteiger partial charge in [-0.25, -0.2) is 0 Å². The second kappa shape index (κ2) is 4.94. The number of hydrogen-bond acceptors (Lipinski definition) is 3. The van der Waals surface area contributed by atoms with Gasteiger partial charge in [0.2, 0.25) is 5.91 Å². The van der Waals surface area contributed by atoms with Crippen LogP contribution in [0, 0.1) is 0 Å². The molecule has 0 aromatic carbocycles. The molecule has 5 nitrogen and oxygen atoms in total. The van der Waals surface area contributed by atoms with Crippen LogP contribution in [0.4, 0.5) is 0 Å². The number of carbonyl (C=O) groups is 1.